The maximum atomic E-state index is 15.0. The third-order valence-corrected chi connectivity index (χ3v) is 10.0. The maximum absolute atomic E-state index is 15.0. The fraction of sp³-hybridized carbons (Fsp3) is 0.833. The lowest BCUT2D eigenvalue weighted by Gasteiger charge is -2.32. The zero-order valence-electron chi connectivity index (χ0n) is 25.6. The van der Waals surface area contributed by atoms with E-state index in [0.717, 1.165) is 56.3 Å². The van der Waals surface area contributed by atoms with Crippen LogP contribution in [-0.2, 0) is 0 Å². The molecule has 2 fully saturated rings. The number of unbranched alkanes of at least 4 members (excludes halogenated alkanes) is 10. The van der Waals surface area contributed by atoms with Crippen LogP contribution in [-0.4, -0.2) is 6.61 Å². The third kappa shape index (κ3) is 11.7. The molecule has 3 heteroatoms. The van der Waals surface area contributed by atoms with Gasteiger partial charge in [0, 0.05) is 0 Å². The van der Waals surface area contributed by atoms with E-state index in [1.807, 2.05) is 0 Å². The molecule has 2 aliphatic carbocycles. The Balaban J connectivity index is 1.29. The lowest BCUT2D eigenvalue weighted by molar-refractivity contribution is 0.221. The molecule has 0 radical (unpaired) electrons. The summed E-state index contributed by atoms with van der Waals surface area (Å²) in [4.78, 5) is 0. The lowest BCUT2D eigenvalue weighted by atomic mass is 9.74. The van der Waals surface area contributed by atoms with Gasteiger partial charge in [-0.2, -0.15) is 4.39 Å². The molecule has 224 valence electrons. The Hall–Kier alpha value is -1.12. The van der Waals surface area contributed by atoms with Crippen molar-refractivity contribution in [3.05, 3.63) is 29.3 Å². The largest absolute Gasteiger partial charge is 0.490 e. The molecular weight excluding hydrogens is 486 g/mol. The highest BCUT2D eigenvalue weighted by molar-refractivity contribution is 5.33. The summed E-state index contributed by atoms with van der Waals surface area (Å²) in [6.07, 6.45) is 29.7. The van der Waals surface area contributed by atoms with Crippen LogP contribution in [0.2, 0.25) is 0 Å². The van der Waals surface area contributed by atoms with Crippen molar-refractivity contribution in [1.29, 1.82) is 0 Å². The molecule has 2 aliphatic rings. The molecule has 1 aromatic rings. The number of rotatable bonds is 19. The van der Waals surface area contributed by atoms with E-state index in [9.17, 15) is 8.78 Å². The molecule has 2 saturated carbocycles. The van der Waals surface area contributed by atoms with Crippen molar-refractivity contribution in [3.8, 4) is 5.75 Å². The zero-order valence-corrected chi connectivity index (χ0v) is 25.6. The summed E-state index contributed by atoms with van der Waals surface area (Å²) in [6.45, 7) is 4.97. The highest BCUT2D eigenvalue weighted by Crippen LogP contribution is 2.42. The Kier molecular flexibility index (Phi) is 15.9. The molecular formula is C36H60F2O. The van der Waals surface area contributed by atoms with Crippen LogP contribution in [0.1, 0.15) is 173 Å². The van der Waals surface area contributed by atoms with Crippen molar-refractivity contribution in [2.75, 3.05) is 6.61 Å². The Labute approximate surface area is 240 Å². The SMILES string of the molecule is CCCCCCCCOc1ccc([C@H]2CC[C@H](CC[C@H]3CC[C@H](CCCCCCCC)CC3)CC2)c(F)c1F. The Morgan fingerprint density at radius 2 is 1.05 bits per heavy atom. The van der Waals surface area contributed by atoms with Crippen LogP contribution < -0.4 is 4.74 Å². The highest BCUT2D eigenvalue weighted by Gasteiger charge is 2.28. The first-order valence-corrected chi connectivity index (χ1v) is 17.2. The van der Waals surface area contributed by atoms with Crippen LogP contribution in [0.4, 0.5) is 8.78 Å². The smallest absolute Gasteiger partial charge is 0.200 e. The van der Waals surface area contributed by atoms with Crippen molar-refractivity contribution in [3.63, 3.8) is 0 Å². The molecule has 0 aromatic heterocycles. The van der Waals surface area contributed by atoms with Crippen LogP contribution in [0.5, 0.6) is 5.75 Å². The molecule has 0 spiro atoms. The van der Waals surface area contributed by atoms with Crippen LogP contribution in [0.25, 0.3) is 0 Å². The molecule has 1 nitrogen and oxygen atoms in total. The summed E-state index contributed by atoms with van der Waals surface area (Å²) in [5, 5.41) is 0. The minimum Gasteiger partial charge on any atom is -0.490 e. The lowest BCUT2D eigenvalue weighted by Crippen LogP contribution is -2.18. The average molecular weight is 547 g/mol. The van der Waals surface area contributed by atoms with Crippen LogP contribution >= 0.6 is 0 Å². The normalized spacial score (nSPS) is 23.7. The molecule has 0 saturated heterocycles. The molecule has 0 aliphatic heterocycles. The summed E-state index contributed by atoms with van der Waals surface area (Å²) in [6, 6.07) is 3.46. The fourth-order valence-corrected chi connectivity index (χ4v) is 7.29. The number of hydrogen-bond donors (Lipinski definition) is 0. The predicted octanol–water partition coefficient (Wildman–Crippen LogP) is 12.3. The van der Waals surface area contributed by atoms with E-state index >= 15 is 0 Å². The van der Waals surface area contributed by atoms with Gasteiger partial charge in [-0.05, 0) is 67.4 Å². The third-order valence-electron chi connectivity index (χ3n) is 10.0. The average Bonchev–Trinajstić information content (AvgIpc) is 2.96. The van der Waals surface area contributed by atoms with E-state index < -0.39 is 11.6 Å². The molecule has 0 atom stereocenters. The Morgan fingerprint density at radius 3 is 1.64 bits per heavy atom. The first kappa shape index (κ1) is 32.4. The second-order valence-electron chi connectivity index (χ2n) is 13.1. The monoisotopic (exact) mass is 546 g/mol. The number of hydrogen-bond acceptors (Lipinski definition) is 1. The van der Waals surface area contributed by atoms with Gasteiger partial charge >= 0.3 is 0 Å². The van der Waals surface area contributed by atoms with Gasteiger partial charge in [0.1, 0.15) is 0 Å². The minimum atomic E-state index is -0.785. The molecule has 3 rings (SSSR count). The van der Waals surface area contributed by atoms with Crippen LogP contribution in [0.3, 0.4) is 0 Å². The second kappa shape index (κ2) is 19.1. The standard InChI is InChI=1S/C36H60F2O/c1-3-5-7-9-11-13-15-29-16-18-30(19-17-29)20-21-31-22-24-32(25-23-31)33-26-27-34(36(38)35(33)37)39-28-14-12-10-8-6-4-2/h26-27,29-32H,3-25,28H2,1-2H3/t29-,30-,31-,32-. The van der Waals surface area contributed by atoms with Gasteiger partial charge in [-0.15, -0.1) is 0 Å². The van der Waals surface area contributed by atoms with Crippen molar-refractivity contribution in [2.24, 2.45) is 17.8 Å². The number of halogens is 2. The van der Waals surface area contributed by atoms with Crippen molar-refractivity contribution in [1.82, 2.24) is 0 Å². The van der Waals surface area contributed by atoms with Gasteiger partial charge in [-0.25, -0.2) is 4.39 Å². The van der Waals surface area contributed by atoms with Crippen LogP contribution in [0, 0.1) is 29.4 Å². The minimum absolute atomic E-state index is 0.0835. The summed E-state index contributed by atoms with van der Waals surface area (Å²) in [5.74, 6) is 1.48. The summed E-state index contributed by atoms with van der Waals surface area (Å²) in [5.41, 5.74) is 0.571. The van der Waals surface area contributed by atoms with E-state index in [1.54, 1.807) is 12.1 Å². The predicted molar refractivity (Wildman–Crippen MR) is 163 cm³/mol. The van der Waals surface area contributed by atoms with Gasteiger partial charge < -0.3 is 4.74 Å². The molecule has 0 heterocycles. The van der Waals surface area contributed by atoms with Crippen molar-refractivity contribution in [2.45, 2.75) is 167 Å². The van der Waals surface area contributed by atoms with E-state index in [0.29, 0.717) is 12.2 Å². The molecule has 1 aromatic carbocycles. The first-order valence-electron chi connectivity index (χ1n) is 17.2. The summed E-state index contributed by atoms with van der Waals surface area (Å²) in [7, 11) is 0. The summed E-state index contributed by atoms with van der Waals surface area (Å²) >= 11 is 0. The highest BCUT2D eigenvalue weighted by atomic mass is 19.2. The molecule has 0 bridgehead atoms. The van der Waals surface area contributed by atoms with Crippen molar-refractivity contribution < 1.29 is 13.5 Å². The number of ether oxygens (including phenoxy) is 1. The van der Waals surface area contributed by atoms with E-state index in [1.165, 1.54) is 109 Å². The fourth-order valence-electron chi connectivity index (χ4n) is 7.29. The Morgan fingerprint density at radius 1 is 0.564 bits per heavy atom. The van der Waals surface area contributed by atoms with Crippen molar-refractivity contribution >= 4 is 0 Å². The van der Waals surface area contributed by atoms with E-state index in [2.05, 4.69) is 13.8 Å². The first-order chi connectivity index (χ1) is 19.1. The van der Waals surface area contributed by atoms with E-state index in [-0.39, 0.29) is 11.7 Å². The second-order valence-corrected chi connectivity index (χ2v) is 13.1. The van der Waals surface area contributed by atoms with Gasteiger partial charge in [-0.1, -0.05) is 135 Å². The van der Waals surface area contributed by atoms with Gasteiger partial charge in [0.05, 0.1) is 6.61 Å². The van der Waals surface area contributed by atoms with Gasteiger partial charge in [-0.3, -0.25) is 0 Å². The van der Waals surface area contributed by atoms with Crippen LogP contribution in [0.15, 0.2) is 12.1 Å². The molecule has 39 heavy (non-hydrogen) atoms. The maximum Gasteiger partial charge on any atom is 0.200 e. The van der Waals surface area contributed by atoms with Gasteiger partial charge in [0.25, 0.3) is 0 Å². The topological polar surface area (TPSA) is 9.23 Å². The zero-order chi connectivity index (χ0) is 27.7. The molecule has 0 amide bonds. The number of benzene rings is 1. The van der Waals surface area contributed by atoms with Gasteiger partial charge in [0.2, 0.25) is 5.82 Å². The van der Waals surface area contributed by atoms with Gasteiger partial charge in [0.15, 0.2) is 11.6 Å². The quantitative estimate of drug-likeness (QED) is 0.157. The Bertz CT molecular complexity index is 762. The molecule has 0 unspecified atom stereocenters. The van der Waals surface area contributed by atoms with E-state index in [4.69, 9.17) is 4.74 Å². The molecule has 0 N–H and O–H groups in total. The summed E-state index contributed by atoms with van der Waals surface area (Å²) < 4.78 is 35.3.